The van der Waals surface area contributed by atoms with E-state index < -0.39 is 0 Å². The molecule has 4 heteroatoms. The highest BCUT2D eigenvalue weighted by Gasteiger charge is 2.15. The van der Waals surface area contributed by atoms with E-state index in [2.05, 4.69) is 11.9 Å². The molecule has 0 aromatic rings. The molecule has 0 aromatic heterocycles. The van der Waals surface area contributed by atoms with Gasteiger partial charge in [0.05, 0.1) is 0 Å². The first-order valence-electron chi connectivity index (χ1n) is 6.32. The van der Waals surface area contributed by atoms with Gasteiger partial charge in [-0.05, 0) is 26.2 Å². The SMILES string of the molecule is C=C(C)C(=O)NCCCN1CCCCCC1=O. The van der Waals surface area contributed by atoms with Gasteiger partial charge in [-0.15, -0.1) is 0 Å². The third kappa shape index (κ3) is 5.02. The lowest BCUT2D eigenvalue weighted by Crippen LogP contribution is -2.34. The predicted molar refractivity (Wildman–Crippen MR) is 67.5 cm³/mol. The Kier molecular flexibility index (Phi) is 5.73. The molecule has 0 unspecified atom stereocenters. The van der Waals surface area contributed by atoms with Gasteiger partial charge in [0.1, 0.15) is 0 Å². The van der Waals surface area contributed by atoms with Crippen LogP contribution in [0.15, 0.2) is 12.2 Å². The smallest absolute Gasteiger partial charge is 0.246 e. The highest BCUT2D eigenvalue weighted by atomic mass is 16.2. The van der Waals surface area contributed by atoms with Crippen LogP contribution in [-0.2, 0) is 9.59 Å². The van der Waals surface area contributed by atoms with Crippen molar-refractivity contribution in [3.05, 3.63) is 12.2 Å². The molecule has 1 fully saturated rings. The maximum Gasteiger partial charge on any atom is 0.246 e. The van der Waals surface area contributed by atoms with Gasteiger partial charge in [-0.3, -0.25) is 9.59 Å². The maximum absolute atomic E-state index is 11.7. The second-order valence-electron chi connectivity index (χ2n) is 4.58. The lowest BCUT2D eigenvalue weighted by Gasteiger charge is -2.20. The van der Waals surface area contributed by atoms with Crippen LogP contribution in [0, 0.1) is 0 Å². The van der Waals surface area contributed by atoms with Crippen molar-refractivity contribution in [2.24, 2.45) is 0 Å². The van der Waals surface area contributed by atoms with E-state index in [1.54, 1.807) is 6.92 Å². The van der Waals surface area contributed by atoms with Gasteiger partial charge >= 0.3 is 0 Å². The van der Waals surface area contributed by atoms with Crippen molar-refractivity contribution >= 4 is 11.8 Å². The lowest BCUT2D eigenvalue weighted by molar-refractivity contribution is -0.130. The fraction of sp³-hybridized carbons (Fsp3) is 0.692. The van der Waals surface area contributed by atoms with E-state index in [1.165, 1.54) is 0 Å². The normalized spacial score (nSPS) is 16.5. The second-order valence-corrected chi connectivity index (χ2v) is 4.58. The summed E-state index contributed by atoms with van der Waals surface area (Å²) in [6.45, 7) is 7.48. The van der Waals surface area contributed by atoms with Crippen molar-refractivity contribution in [2.75, 3.05) is 19.6 Å². The molecule has 0 atom stereocenters. The molecule has 0 saturated carbocycles. The number of amides is 2. The molecule has 1 aliphatic heterocycles. The zero-order valence-electron chi connectivity index (χ0n) is 10.6. The summed E-state index contributed by atoms with van der Waals surface area (Å²) < 4.78 is 0. The second kappa shape index (κ2) is 7.09. The molecule has 0 aromatic carbocycles. The van der Waals surface area contributed by atoms with Crippen molar-refractivity contribution in [1.82, 2.24) is 10.2 Å². The fourth-order valence-electron chi connectivity index (χ4n) is 1.90. The van der Waals surface area contributed by atoms with E-state index in [9.17, 15) is 9.59 Å². The van der Waals surface area contributed by atoms with Crippen molar-refractivity contribution in [3.63, 3.8) is 0 Å². The summed E-state index contributed by atoms with van der Waals surface area (Å²) in [5.41, 5.74) is 0.524. The van der Waals surface area contributed by atoms with Crippen LogP contribution in [0.4, 0.5) is 0 Å². The van der Waals surface area contributed by atoms with Gasteiger partial charge in [-0.25, -0.2) is 0 Å². The van der Waals surface area contributed by atoms with Crippen LogP contribution in [0.5, 0.6) is 0 Å². The van der Waals surface area contributed by atoms with Crippen molar-refractivity contribution < 1.29 is 9.59 Å². The van der Waals surface area contributed by atoms with Crippen LogP contribution < -0.4 is 5.32 Å². The van der Waals surface area contributed by atoms with Gasteiger partial charge in [0.2, 0.25) is 11.8 Å². The summed E-state index contributed by atoms with van der Waals surface area (Å²) in [5, 5.41) is 2.78. The summed E-state index contributed by atoms with van der Waals surface area (Å²) in [5.74, 6) is 0.154. The summed E-state index contributed by atoms with van der Waals surface area (Å²) in [4.78, 5) is 24.8. The summed E-state index contributed by atoms with van der Waals surface area (Å²) >= 11 is 0. The van der Waals surface area contributed by atoms with E-state index in [1.807, 2.05) is 4.90 Å². The van der Waals surface area contributed by atoms with Gasteiger partial charge in [0, 0.05) is 31.6 Å². The van der Waals surface area contributed by atoms with E-state index in [0.717, 1.165) is 38.8 Å². The minimum Gasteiger partial charge on any atom is -0.352 e. The molecule has 1 saturated heterocycles. The Balaban J connectivity index is 2.19. The number of nitrogens with one attached hydrogen (secondary N) is 1. The summed E-state index contributed by atoms with van der Waals surface area (Å²) in [6.07, 6.45) is 4.75. The van der Waals surface area contributed by atoms with Gasteiger partial charge in [0.15, 0.2) is 0 Å². The standard InChI is InChI=1S/C13H22N2O2/c1-11(2)13(17)14-8-6-10-15-9-5-3-4-7-12(15)16/h1,3-10H2,2H3,(H,14,17). The van der Waals surface area contributed by atoms with Crippen LogP contribution in [0.1, 0.15) is 39.0 Å². The average Bonchev–Trinajstić information content (AvgIpc) is 2.49. The van der Waals surface area contributed by atoms with E-state index in [4.69, 9.17) is 0 Å². The van der Waals surface area contributed by atoms with Crippen molar-refractivity contribution in [3.8, 4) is 0 Å². The molecule has 1 rings (SSSR count). The van der Waals surface area contributed by atoms with Gasteiger partial charge in [-0.1, -0.05) is 13.0 Å². The molecular weight excluding hydrogens is 216 g/mol. The first kappa shape index (κ1) is 13.7. The number of hydrogen-bond donors (Lipinski definition) is 1. The largest absolute Gasteiger partial charge is 0.352 e. The first-order chi connectivity index (χ1) is 8.11. The highest BCUT2D eigenvalue weighted by Crippen LogP contribution is 2.11. The van der Waals surface area contributed by atoms with E-state index in [0.29, 0.717) is 18.5 Å². The van der Waals surface area contributed by atoms with Gasteiger partial charge in [-0.2, -0.15) is 0 Å². The quantitative estimate of drug-likeness (QED) is 0.582. The number of nitrogens with zero attached hydrogens (tertiary/aromatic N) is 1. The molecular formula is C13H22N2O2. The molecule has 1 heterocycles. The van der Waals surface area contributed by atoms with E-state index >= 15 is 0 Å². The van der Waals surface area contributed by atoms with Crippen molar-refractivity contribution in [1.29, 1.82) is 0 Å². The highest BCUT2D eigenvalue weighted by molar-refractivity contribution is 5.92. The maximum atomic E-state index is 11.7. The zero-order chi connectivity index (χ0) is 12.7. The van der Waals surface area contributed by atoms with Crippen LogP contribution >= 0.6 is 0 Å². The first-order valence-corrected chi connectivity index (χ1v) is 6.32. The Labute approximate surface area is 103 Å². The summed E-state index contributed by atoms with van der Waals surface area (Å²) in [6, 6.07) is 0. The number of likely N-dealkylation sites (tertiary alicyclic amines) is 1. The molecule has 4 nitrogen and oxygen atoms in total. The third-order valence-corrected chi connectivity index (χ3v) is 2.95. The predicted octanol–water partition coefficient (Wildman–Crippen LogP) is 1.47. The van der Waals surface area contributed by atoms with Crippen LogP contribution in [0.2, 0.25) is 0 Å². The number of carbonyl (C=O) groups excluding carboxylic acids is 2. The molecule has 17 heavy (non-hydrogen) atoms. The molecule has 96 valence electrons. The molecule has 0 bridgehead atoms. The lowest BCUT2D eigenvalue weighted by atomic mass is 10.2. The Morgan fingerprint density at radius 1 is 1.41 bits per heavy atom. The van der Waals surface area contributed by atoms with Crippen LogP contribution in [0.25, 0.3) is 0 Å². The minimum atomic E-state index is -0.104. The van der Waals surface area contributed by atoms with Crippen LogP contribution in [0.3, 0.4) is 0 Å². The number of hydrogen-bond acceptors (Lipinski definition) is 2. The van der Waals surface area contributed by atoms with Crippen LogP contribution in [-0.4, -0.2) is 36.3 Å². The van der Waals surface area contributed by atoms with Crippen molar-refractivity contribution in [2.45, 2.75) is 39.0 Å². The minimum absolute atomic E-state index is 0.104. The Morgan fingerprint density at radius 2 is 2.18 bits per heavy atom. The van der Waals surface area contributed by atoms with E-state index in [-0.39, 0.29) is 11.8 Å². The van der Waals surface area contributed by atoms with Gasteiger partial charge in [0.25, 0.3) is 0 Å². The fourth-order valence-corrected chi connectivity index (χ4v) is 1.90. The molecule has 0 spiro atoms. The average molecular weight is 238 g/mol. The molecule has 1 aliphatic rings. The molecule has 1 N–H and O–H groups in total. The molecule has 0 aliphatic carbocycles. The Hall–Kier alpha value is -1.32. The topological polar surface area (TPSA) is 49.4 Å². The molecule has 0 radical (unpaired) electrons. The number of carbonyl (C=O) groups is 2. The Morgan fingerprint density at radius 3 is 2.88 bits per heavy atom. The summed E-state index contributed by atoms with van der Waals surface area (Å²) in [7, 11) is 0. The Bertz CT molecular complexity index is 300. The monoisotopic (exact) mass is 238 g/mol. The zero-order valence-corrected chi connectivity index (χ0v) is 10.6. The molecule has 2 amide bonds. The van der Waals surface area contributed by atoms with Gasteiger partial charge < -0.3 is 10.2 Å². The number of rotatable bonds is 5. The third-order valence-electron chi connectivity index (χ3n) is 2.95.